The van der Waals surface area contributed by atoms with Crippen molar-refractivity contribution in [3.8, 4) is 0 Å². The molecule has 0 aliphatic carbocycles. The van der Waals surface area contributed by atoms with E-state index < -0.39 is 10.0 Å². The number of pyridine rings is 1. The van der Waals surface area contributed by atoms with E-state index in [1.807, 2.05) is 0 Å². The Kier molecular flexibility index (Phi) is 3.99. The van der Waals surface area contributed by atoms with Crippen LogP contribution in [0.1, 0.15) is 12.5 Å². The quantitative estimate of drug-likeness (QED) is 0.512. The molecule has 20 heavy (non-hydrogen) atoms. The summed E-state index contributed by atoms with van der Waals surface area (Å²) in [4.78, 5) is 3.85. The number of hydrogen-bond donors (Lipinski definition) is 2. The molecule has 0 fully saturated rings. The van der Waals surface area contributed by atoms with Crippen molar-refractivity contribution in [2.45, 2.75) is 11.8 Å². The summed E-state index contributed by atoms with van der Waals surface area (Å²) in [7, 11) is -3.73. The van der Waals surface area contributed by atoms with Gasteiger partial charge in [-0.3, -0.25) is 9.71 Å². The number of nitrogens with one attached hydrogen (secondary N) is 1. The van der Waals surface area contributed by atoms with Crippen molar-refractivity contribution < 1.29 is 13.6 Å². The van der Waals surface area contributed by atoms with Crippen LogP contribution in [0.25, 0.3) is 0 Å². The highest BCUT2D eigenvalue weighted by Gasteiger charge is 2.16. The van der Waals surface area contributed by atoms with E-state index in [1.165, 1.54) is 18.5 Å². The SMILES string of the molecule is C/C(=N\O)c1ccccc1NS(=O)(=O)c1cccnc1. The van der Waals surface area contributed by atoms with Gasteiger partial charge in [0.05, 0.1) is 11.4 Å². The number of para-hydroxylation sites is 1. The Morgan fingerprint density at radius 2 is 2.00 bits per heavy atom. The van der Waals surface area contributed by atoms with Crippen LogP contribution in [0.2, 0.25) is 0 Å². The molecule has 7 heteroatoms. The predicted octanol–water partition coefficient (Wildman–Crippen LogP) is 2.08. The monoisotopic (exact) mass is 291 g/mol. The summed E-state index contributed by atoms with van der Waals surface area (Å²) in [5.41, 5.74) is 1.16. The van der Waals surface area contributed by atoms with Gasteiger partial charge >= 0.3 is 0 Å². The van der Waals surface area contributed by atoms with Crippen molar-refractivity contribution in [1.82, 2.24) is 4.98 Å². The van der Waals surface area contributed by atoms with E-state index >= 15 is 0 Å². The highest BCUT2D eigenvalue weighted by atomic mass is 32.2. The zero-order chi connectivity index (χ0) is 14.6. The van der Waals surface area contributed by atoms with Crippen molar-refractivity contribution in [3.05, 3.63) is 54.4 Å². The Labute approximate surface area is 116 Å². The lowest BCUT2D eigenvalue weighted by Gasteiger charge is -2.11. The second-order valence-electron chi connectivity index (χ2n) is 4.03. The lowest BCUT2D eigenvalue weighted by Crippen LogP contribution is -2.15. The van der Waals surface area contributed by atoms with Gasteiger partial charge in [0.15, 0.2) is 0 Å². The smallest absolute Gasteiger partial charge is 0.263 e. The van der Waals surface area contributed by atoms with E-state index in [-0.39, 0.29) is 4.90 Å². The van der Waals surface area contributed by atoms with Crippen molar-refractivity contribution in [3.63, 3.8) is 0 Å². The summed E-state index contributed by atoms with van der Waals surface area (Å²) in [5.74, 6) is 0. The van der Waals surface area contributed by atoms with Crippen molar-refractivity contribution in [2.75, 3.05) is 4.72 Å². The Morgan fingerprint density at radius 1 is 1.25 bits per heavy atom. The molecule has 0 unspecified atom stereocenters. The molecule has 1 heterocycles. The van der Waals surface area contributed by atoms with Crippen LogP contribution in [0.5, 0.6) is 0 Å². The van der Waals surface area contributed by atoms with Gasteiger partial charge in [-0.2, -0.15) is 0 Å². The van der Waals surface area contributed by atoms with Gasteiger partial charge in [0.25, 0.3) is 10.0 Å². The molecule has 1 aromatic carbocycles. The van der Waals surface area contributed by atoms with Crippen molar-refractivity contribution in [1.29, 1.82) is 0 Å². The molecule has 0 amide bonds. The molecular formula is C13H13N3O3S. The molecular weight excluding hydrogens is 278 g/mol. The first-order valence-electron chi connectivity index (χ1n) is 5.75. The van der Waals surface area contributed by atoms with Gasteiger partial charge in [-0.25, -0.2) is 8.42 Å². The van der Waals surface area contributed by atoms with Crippen molar-refractivity contribution in [2.24, 2.45) is 5.16 Å². The van der Waals surface area contributed by atoms with Crippen LogP contribution in [0.4, 0.5) is 5.69 Å². The van der Waals surface area contributed by atoms with Crippen LogP contribution in [0.15, 0.2) is 58.8 Å². The molecule has 0 saturated carbocycles. The third-order valence-corrected chi connectivity index (χ3v) is 4.01. The molecule has 0 bridgehead atoms. The molecule has 2 rings (SSSR count). The van der Waals surface area contributed by atoms with Crippen LogP contribution in [-0.2, 0) is 10.0 Å². The first-order valence-corrected chi connectivity index (χ1v) is 7.24. The number of oxime groups is 1. The average Bonchev–Trinajstić information content (AvgIpc) is 2.47. The molecule has 0 saturated heterocycles. The first kappa shape index (κ1) is 14.0. The molecule has 2 N–H and O–H groups in total. The highest BCUT2D eigenvalue weighted by molar-refractivity contribution is 7.92. The van der Waals surface area contributed by atoms with E-state index in [9.17, 15) is 8.42 Å². The number of hydrogen-bond acceptors (Lipinski definition) is 5. The predicted molar refractivity (Wildman–Crippen MR) is 75.5 cm³/mol. The zero-order valence-electron chi connectivity index (χ0n) is 10.7. The van der Waals surface area contributed by atoms with E-state index in [0.717, 1.165) is 0 Å². The Morgan fingerprint density at radius 3 is 2.65 bits per heavy atom. The maximum atomic E-state index is 12.2. The fourth-order valence-electron chi connectivity index (χ4n) is 1.65. The number of nitrogens with zero attached hydrogens (tertiary/aromatic N) is 2. The molecule has 104 valence electrons. The molecule has 6 nitrogen and oxygen atoms in total. The topological polar surface area (TPSA) is 91.7 Å². The highest BCUT2D eigenvalue weighted by Crippen LogP contribution is 2.20. The first-order chi connectivity index (χ1) is 9.54. The second kappa shape index (κ2) is 5.70. The zero-order valence-corrected chi connectivity index (χ0v) is 11.5. The van der Waals surface area contributed by atoms with Crippen LogP contribution in [-0.4, -0.2) is 24.3 Å². The van der Waals surface area contributed by atoms with Gasteiger partial charge in [-0.05, 0) is 25.1 Å². The molecule has 2 aromatic rings. The Hall–Kier alpha value is -2.41. The number of benzene rings is 1. The molecule has 0 atom stereocenters. The number of anilines is 1. The van der Waals surface area contributed by atoms with Crippen LogP contribution < -0.4 is 4.72 Å². The van der Waals surface area contributed by atoms with Crippen molar-refractivity contribution >= 4 is 21.4 Å². The normalized spacial score (nSPS) is 12.2. The molecule has 0 radical (unpaired) electrons. The maximum Gasteiger partial charge on any atom is 0.263 e. The lowest BCUT2D eigenvalue weighted by atomic mass is 10.1. The summed E-state index contributed by atoms with van der Waals surface area (Å²) in [6.45, 7) is 1.58. The largest absolute Gasteiger partial charge is 0.411 e. The van der Waals surface area contributed by atoms with Crippen LogP contribution >= 0.6 is 0 Å². The van der Waals surface area contributed by atoms with Gasteiger partial charge in [-0.1, -0.05) is 23.4 Å². The summed E-state index contributed by atoms with van der Waals surface area (Å²) >= 11 is 0. The molecule has 0 spiro atoms. The Bertz CT molecular complexity index is 728. The number of rotatable bonds is 4. The minimum absolute atomic E-state index is 0.0633. The fraction of sp³-hybridized carbons (Fsp3) is 0.0769. The summed E-state index contributed by atoms with van der Waals surface area (Å²) in [5, 5.41) is 11.9. The number of aromatic nitrogens is 1. The van der Waals surface area contributed by atoms with E-state index in [1.54, 1.807) is 37.3 Å². The third kappa shape index (κ3) is 2.94. The number of sulfonamides is 1. The lowest BCUT2D eigenvalue weighted by molar-refractivity contribution is 0.319. The molecule has 0 aliphatic rings. The Balaban J connectivity index is 2.41. The molecule has 1 aromatic heterocycles. The van der Waals surface area contributed by atoms with Gasteiger partial charge < -0.3 is 5.21 Å². The van der Waals surface area contributed by atoms with E-state index in [2.05, 4.69) is 14.9 Å². The van der Waals surface area contributed by atoms with E-state index in [4.69, 9.17) is 5.21 Å². The van der Waals surface area contributed by atoms with Crippen LogP contribution in [0, 0.1) is 0 Å². The maximum absolute atomic E-state index is 12.2. The van der Waals surface area contributed by atoms with Gasteiger partial charge in [0.2, 0.25) is 0 Å². The average molecular weight is 291 g/mol. The van der Waals surface area contributed by atoms with E-state index in [0.29, 0.717) is 17.0 Å². The summed E-state index contributed by atoms with van der Waals surface area (Å²) < 4.78 is 26.9. The third-order valence-electron chi connectivity index (χ3n) is 2.66. The summed E-state index contributed by atoms with van der Waals surface area (Å²) in [6.07, 6.45) is 2.76. The summed E-state index contributed by atoms with van der Waals surface area (Å²) in [6, 6.07) is 9.67. The van der Waals surface area contributed by atoms with Crippen LogP contribution in [0.3, 0.4) is 0 Å². The second-order valence-corrected chi connectivity index (χ2v) is 5.71. The standard InChI is InChI=1S/C13H13N3O3S/c1-10(15-17)12-6-2-3-7-13(12)16-20(18,19)11-5-4-8-14-9-11/h2-9,16-17H,1H3/b15-10+. The fourth-order valence-corrected chi connectivity index (χ4v) is 2.69. The minimum Gasteiger partial charge on any atom is -0.411 e. The van der Waals surface area contributed by atoms with Gasteiger partial charge in [-0.15, -0.1) is 0 Å². The molecule has 0 aliphatic heterocycles. The minimum atomic E-state index is -3.73. The van der Waals surface area contributed by atoms with Gasteiger partial charge in [0.1, 0.15) is 4.90 Å². The van der Waals surface area contributed by atoms with Gasteiger partial charge in [0, 0.05) is 18.0 Å².